The van der Waals surface area contributed by atoms with Gasteiger partial charge in [-0.2, -0.15) is 17.7 Å². The second kappa shape index (κ2) is 10.00. The molecule has 1 rings (SSSR count). The summed E-state index contributed by atoms with van der Waals surface area (Å²) in [6, 6.07) is 3.05. The van der Waals surface area contributed by atoms with Crippen molar-refractivity contribution >= 4 is 42.4 Å². The molecule has 0 N–H and O–H groups in total. The molecule has 1 heterocycles. The summed E-state index contributed by atoms with van der Waals surface area (Å²) in [4.78, 5) is 10.7. The van der Waals surface area contributed by atoms with Crippen molar-refractivity contribution in [1.29, 1.82) is 0 Å². The smallest absolute Gasteiger partial charge is 0.267 e. The van der Waals surface area contributed by atoms with Crippen LogP contribution >= 0.6 is 18.3 Å². The van der Waals surface area contributed by atoms with Crippen LogP contribution in [-0.2, 0) is 39.0 Å². The molecule has 0 amide bonds. The van der Waals surface area contributed by atoms with Gasteiger partial charge in [-0.25, -0.2) is 4.68 Å². The van der Waals surface area contributed by atoms with Crippen molar-refractivity contribution in [2.24, 2.45) is 0 Å². The van der Waals surface area contributed by atoms with Crippen LogP contribution in [0.15, 0.2) is 23.1 Å². The summed E-state index contributed by atoms with van der Waals surface area (Å²) in [5.74, 6) is 0.333. The van der Waals surface area contributed by atoms with Crippen LogP contribution in [0.4, 0.5) is 0 Å². The average Bonchev–Trinajstić information content (AvgIpc) is 2.30. The SMILES string of the molecule is CCOP(=S)([S-])OCC.O=c1cccnn1CS. The third kappa shape index (κ3) is 8.29. The van der Waals surface area contributed by atoms with Gasteiger partial charge < -0.3 is 21.3 Å². The maximum atomic E-state index is 10.7. The first-order valence-corrected chi connectivity index (χ1v) is 9.48. The van der Waals surface area contributed by atoms with E-state index in [4.69, 9.17) is 33.1 Å². The Morgan fingerprint density at radius 3 is 2.39 bits per heavy atom. The van der Waals surface area contributed by atoms with Crippen molar-refractivity contribution in [2.75, 3.05) is 13.2 Å². The largest absolute Gasteiger partial charge is 0.691 e. The lowest BCUT2D eigenvalue weighted by Gasteiger charge is -2.26. The number of aromatic nitrogens is 2. The molecule has 0 saturated heterocycles. The Labute approximate surface area is 123 Å². The normalized spacial score (nSPS) is 10.7. The first-order chi connectivity index (χ1) is 8.46. The van der Waals surface area contributed by atoms with E-state index in [1.807, 2.05) is 13.8 Å². The van der Waals surface area contributed by atoms with Crippen molar-refractivity contribution in [3.8, 4) is 0 Å². The molecule has 0 radical (unpaired) electrons. The zero-order valence-electron chi connectivity index (χ0n) is 10.2. The van der Waals surface area contributed by atoms with Gasteiger partial charge in [-0.3, -0.25) is 4.79 Å². The average molecular weight is 327 g/mol. The zero-order valence-corrected chi connectivity index (χ0v) is 13.6. The monoisotopic (exact) mass is 327 g/mol. The predicted octanol–water partition coefficient (Wildman–Crippen LogP) is 1.96. The van der Waals surface area contributed by atoms with E-state index < -0.39 is 5.69 Å². The molecule has 104 valence electrons. The molecule has 1 aromatic heterocycles. The van der Waals surface area contributed by atoms with E-state index in [0.717, 1.165) is 0 Å². The first kappa shape index (κ1) is 18.1. The highest BCUT2D eigenvalue weighted by atomic mass is 32.9. The van der Waals surface area contributed by atoms with E-state index in [-0.39, 0.29) is 5.56 Å². The lowest BCUT2D eigenvalue weighted by Crippen LogP contribution is -2.18. The van der Waals surface area contributed by atoms with Gasteiger partial charge in [0.05, 0.1) is 11.6 Å². The summed E-state index contributed by atoms with van der Waals surface area (Å²) in [5, 5.41) is 3.72. The zero-order chi connectivity index (χ0) is 14.0. The fourth-order valence-electron chi connectivity index (χ4n) is 0.847. The molecule has 0 fully saturated rings. The maximum Gasteiger partial charge on any atom is 0.267 e. The molecule has 0 aromatic carbocycles. The highest BCUT2D eigenvalue weighted by Crippen LogP contribution is 2.45. The van der Waals surface area contributed by atoms with E-state index in [1.165, 1.54) is 10.7 Å². The van der Waals surface area contributed by atoms with Gasteiger partial charge in [0.1, 0.15) is 0 Å². The van der Waals surface area contributed by atoms with Crippen LogP contribution in [0.5, 0.6) is 0 Å². The van der Waals surface area contributed by atoms with E-state index in [0.29, 0.717) is 19.1 Å². The summed E-state index contributed by atoms with van der Waals surface area (Å²) >= 11 is 13.5. The van der Waals surface area contributed by atoms with Crippen LogP contribution in [0.2, 0.25) is 0 Å². The minimum atomic E-state index is -2.28. The summed E-state index contributed by atoms with van der Waals surface area (Å²) in [6.07, 6.45) is 1.55. The van der Waals surface area contributed by atoms with Crippen LogP contribution in [0.25, 0.3) is 0 Å². The third-order valence-corrected chi connectivity index (χ3v) is 4.18. The summed E-state index contributed by atoms with van der Waals surface area (Å²) in [7, 11) is 0. The van der Waals surface area contributed by atoms with Crippen molar-refractivity contribution in [3.05, 3.63) is 28.7 Å². The predicted molar refractivity (Wildman–Crippen MR) is 82.4 cm³/mol. The molecule has 0 bridgehead atoms. The van der Waals surface area contributed by atoms with Crippen LogP contribution in [0, 0.1) is 0 Å². The van der Waals surface area contributed by atoms with Gasteiger partial charge in [0, 0.05) is 25.5 Å². The number of nitrogens with zero attached hydrogens (tertiary/aromatic N) is 2. The quantitative estimate of drug-likeness (QED) is 0.507. The van der Waals surface area contributed by atoms with Crippen LogP contribution in [0.3, 0.4) is 0 Å². The summed E-state index contributed by atoms with van der Waals surface area (Å²) in [6.45, 7) is 4.79. The van der Waals surface area contributed by atoms with Crippen molar-refractivity contribution in [3.63, 3.8) is 0 Å². The third-order valence-electron chi connectivity index (χ3n) is 1.49. The molecule has 0 unspecified atom stereocenters. The van der Waals surface area contributed by atoms with Gasteiger partial charge >= 0.3 is 0 Å². The minimum Gasteiger partial charge on any atom is -0.691 e. The molecule has 1 aromatic rings. The molecule has 5 nitrogen and oxygen atoms in total. The fourth-order valence-corrected chi connectivity index (χ4v) is 3.03. The van der Waals surface area contributed by atoms with Gasteiger partial charge in [-0.15, -0.1) is 0 Å². The van der Waals surface area contributed by atoms with Gasteiger partial charge in [0.15, 0.2) is 0 Å². The molecule has 0 spiro atoms. The van der Waals surface area contributed by atoms with Crippen LogP contribution < -0.4 is 5.56 Å². The Kier molecular flexibility index (Phi) is 10.1. The summed E-state index contributed by atoms with van der Waals surface area (Å²) < 4.78 is 11.2. The highest BCUT2D eigenvalue weighted by molar-refractivity contribution is 8.51. The number of hydrogen-bond donors (Lipinski definition) is 1. The second-order valence-electron chi connectivity index (χ2n) is 2.79. The van der Waals surface area contributed by atoms with E-state index >= 15 is 0 Å². The lowest BCUT2D eigenvalue weighted by atomic mass is 10.6. The highest BCUT2D eigenvalue weighted by Gasteiger charge is 1.95. The minimum absolute atomic E-state index is 0.118. The van der Waals surface area contributed by atoms with Crippen LogP contribution in [-0.4, -0.2) is 23.0 Å². The maximum absolute atomic E-state index is 10.7. The topological polar surface area (TPSA) is 53.4 Å². The summed E-state index contributed by atoms with van der Waals surface area (Å²) in [5.41, 5.74) is -2.39. The Morgan fingerprint density at radius 1 is 1.50 bits per heavy atom. The Morgan fingerprint density at radius 2 is 2.06 bits per heavy atom. The van der Waals surface area contributed by atoms with E-state index in [1.54, 1.807) is 12.3 Å². The van der Waals surface area contributed by atoms with Gasteiger partial charge in [-0.05, 0) is 19.9 Å². The van der Waals surface area contributed by atoms with Gasteiger partial charge in [0.2, 0.25) is 0 Å². The number of thiol groups is 1. The van der Waals surface area contributed by atoms with E-state index in [2.05, 4.69) is 17.7 Å². The van der Waals surface area contributed by atoms with Gasteiger partial charge in [-0.1, -0.05) is 11.8 Å². The second-order valence-corrected chi connectivity index (χ2v) is 8.06. The van der Waals surface area contributed by atoms with Crippen molar-refractivity contribution in [1.82, 2.24) is 9.78 Å². The van der Waals surface area contributed by atoms with Crippen molar-refractivity contribution < 1.29 is 9.05 Å². The number of hydrogen-bond acceptors (Lipinski definition) is 7. The van der Waals surface area contributed by atoms with Crippen molar-refractivity contribution in [2.45, 2.75) is 19.7 Å². The van der Waals surface area contributed by atoms with Gasteiger partial charge in [0.25, 0.3) is 5.56 Å². The Bertz CT molecular complexity index is 431. The molecule has 9 heteroatoms. The molecule has 0 atom stereocenters. The number of rotatable bonds is 5. The molecule has 0 aliphatic heterocycles. The van der Waals surface area contributed by atoms with E-state index in [9.17, 15) is 4.79 Å². The molecule has 0 saturated carbocycles. The molecule has 0 aliphatic carbocycles. The Hall–Kier alpha value is 0.150. The Balaban J connectivity index is 0.000000321. The fraction of sp³-hybridized carbons (Fsp3) is 0.556. The standard InChI is InChI=1S/C5H6N2OS.C4H11O2PS2/c8-5-2-1-3-6-7(5)4-9;1-3-5-7(8,9)6-4-2/h1-3,9H,4H2;3-4H2,1-2H3,(H,8,9)/p-1. The van der Waals surface area contributed by atoms with Crippen LogP contribution in [0.1, 0.15) is 13.8 Å². The first-order valence-electron chi connectivity index (χ1n) is 5.20. The molecular weight excluding hydrogens is 311 g/mol. The lowest BCUT2D eigenvalue weighted by molar-refractivity contribution is 0.281. The molecule has 18 heavy (non-hydrogen) atoms. The molecule has 0 aliphatic rings. The molecular formula is C9H16N2O3PS3-.